The number of fused-ring (bicyclic) bond motifs is 1. The lowest BCUT2D eigenvalue weighted by Crippen LogP contribution is -2.05. The summed E-state index contributed by atoms with van der Waals surface area (Å²) in [4.78, 5) is 4.73. The van der Waals surface area contributed by atoms with Crippen molar-refractivity contribution in [1.29, 1.82) is 0 Å². The number of hydrogen-bond acceptors (Lipinski definition) is 3. The predicted molar refractivity (Wildman–Crippen MR) is 80.6 cm³/mol. The lowest BCUT2D eigenvalue weighted by Gasteiger charge is -2.07. The lowest BCUT2D eigenvalue weighted by molar-refractivity contribution is 0.692. The Bertz CT molecular complexity index is 661. The zero-order chi connectivity index (χ0) is 13.4. The summed E-state index contributed by atoms with van der Waals surface area (Å²) in [7, 11) is 1.99. The Kier molecular flexibility index (Phi) is 3.37. The normalized spacial score (nSPS) is 14.8. The Hall–Kier alpha value is -1.26. The molecule has 3 nitrogen and oxygen atoms in total. The summed E-state index contributed by atoms with van der Waals surface area (Å²) < 4.78 is 1.95. The monoisotopic (exact) mass is 291 g/mol. The van der Waals surface area contributed by atoms with Crippen LogP contribution in [0.5, 0.6) is 0 Å². The molecule has 0 fully saturated rings. The molecule has 0 N–H and O–H groups in total. The molecule has 0 amide bonds. The van der Waals surface area contributed by atoms with Gasteiger partial charge in [-0.1, -0.05) is 23.7 Å². The summed E-state index contributed by atoms with van der Waals surface area (Å²) >= 11 is 7.91. The fraction of sp³-hybridized carbons (Fsp3) is 0.286. The quantitative estimate of drug-likeness (QED) is 0.807. The van der Waals surface area contributed by atoms with E-state index in [4.69, 9.17) is 16.6 Å². The van der Waals surface area contributed by atoms with Gasteiger partial charge in [-0.3, -0.25) is 9.67 Å². The highest BCUT2D eigenvalue weighted by molar-refractivity contribution is 7.99. The molecule has 1 aliphatic heterocycles. The number of nitrogens with zero attached hydrogens (tertiary/aromatic N) is 3. The maximum absolute atomic E-state index is 6.10. The molecule has 19 heavy (non-hydrogen) atoms. The van der Waals surface area contributed by atoms with Gasteiger partial charge in [-0.2, -0.15) is 5.10 Å². The van der Waals surface area contributed by atoms with Gasteiger partial charge in [0.05, 0.1) is 17.0 Å². The minimum atomic E-state index is 0.736. The summed E-state index contributed by atoms with van der Waals surface area (Å²) in [5, 5.41) is 6.44. The summed E-state index contributed by atoms with van der Waals surface area (Å²) in [6.45, 7) is 2.85. The van der Waals surface area contributed by atoms with Crippen LogP contribution in [0.1, 0.15) is 16.8 Å². The molecular weight excluding hydrogens is 278 g/mol. The molecule has 0 bridgehead atoms. The summed E-state index contributed by atoms with van der Waals surface area (Å²) in [5.74, 6) is 0.982. The van der Waals surface area contributed by atoms with Crippen molar-refractivity contribution in [2.24, 2.45) is 12.0 Å². The second-order valence-electron chi connectivity index (χ2n) is 4.48. The van der Waals surface area contributed by atoms with Crippen molar-refractivity contribution in [2.45, 2.75) is 11.9 Å². The van der Waals surface area contributed by atoms with Gasteiger partial charge in [-0.05, 0) is 19.1 Å². The van der Waals surface area contributed by atoms with E-state index >= 15 is 0 Å². The molecule has 98 valence electrons. The molecule has 0 aliphatic carbocycles. The second-order valence-corrected chi connectivity index (χ2v) is 6.00. The SMILES string of the molecule is Cc1nn(C)c2c1C(c1cccc(Cl)c1)=NCCS2. The Morgan fingerprint density at radius 2 is 2.21 bits per heavy atom. The van der Waals surface area contributed by atoms with E-state index in [9.17, 15) is 0 Å². The zero-order valence-electron chi connectivity index (χ0n) is 10.9. The molecule has 0 saturated carbocycles. The highest BCUT2D eigenvalue weighted by Gasteiger charge is 2.22. The Morgan fingerprint density at radius 1 is 1.37 bits per heavy atom. The minimum Gasteiger partial charge on any atom is -0.283 e. The smallest absolute Gasteiger partial charge is 0.103 e. The second kappa shape index (κ2) is 5.02. The van der Waals surface area contributed by atoms with Crippen molar-refractivity contribution in [3.05, 3.63) is 46.1 Å². The van der Waals surface area contributed by atoms with Crippen LogP contribution in [-0.2, 0) is 7.05 Å². The van der Waals surface area contributed by atoms with E-state index in [0.717, 1.165) is 39.9 Å². The van der Waals surface area contributed by atoms with Gasteiger partial charge in [0.25, 0.3) is 0 Å². The van der Waals surface area contributed by atoms with Crippen LogP contribution in [-0.4, -0.2) is 27.8 Å². The van der Waals surface area contributed by atoms with Crippen LogP contribution < -0.4 is 0 Å². The number of benzene rings is 1. The molecule has 2 heterocycles. The van der Waals surface area contributed by atoms with E-state index in [1.165, 1.54) is 5.03 Å². The van der Waals surface area contributed by atoms with Crippen molar-refractivity contribution in [2.75, 3.05) is 12.3 Å². The average Bonchev–Trinajstić information content (AvgIpc) is 2.57. The molecule has 5 heteroatoms. The molecule has 0 spiro atoms. The van der Waals surface area contributed by atoms with Gasteiger partial charge in [0, 0.05) is 29.9 Å². The molecule has 3 rings (SSSR count). The van der Waals surface area contributed by atoms with Crippen LogP contribution in [0.25, 0.3) is 0 Å². The number of rotatable bonds is 1. The van der Waals surface area contributed by atoms with Crippen molar-refractivity contribution in [3.63, 3.8) is 0 Å². The van der Waals surface area contributed by atoms with Crippen LogP contribution in [0.3, 0.4) is 0 Å². The first-order valence-electron chi connectivity index (χ1n) is 6.14. The summed E-state index contributed by atoms with van der Waals surface area (Å²) in [5.41, 5.74) is 4.23. The molecule has 0 atom stereocenters. The molecular formula is C14H14ClN3S. The predicted octanol–water partition coefficient (Wildman–Crippen LogP) is 3.33. The third-order valence-electron chi connectivity index (χ3n) is 3.10. The molecule has 1 aromatic heterocycles. The maximum atomic E-state index is 6.10. The Balaban J connectivity index is 2.20. The number of thioether (sulfide) groups is 1. The largest absolute Gasteiger partial charge is 0.283 e. The summed E-state index contributed by atoms with van der Waals surface area (Å²) in [6, 6.07) is 7.86. The zero-order valence-corrected chi connectivity index (χ0v) is 12.4. The van der Waals surface area contributed by atoms with E-state index in [1.807, 2.05) is 48.6 Å². The van der Waals surface area contributed by atoms with Crippen LogP contribution in [0.15, 0.2) is 34.3 Å². The van der Waals surface area contributed by atoms with Gasteiger partial charge in [0.2, 0.25) is 0 Å². The number of halogens is 1. The molecule has 1 aromatic carbocycles. The van der Waals surface area contributed by atoms with E-state index in [2.05, 4.69) is 11.2 Å². The van der Waals surface area contributed by atoms with Crippen LogP contribution >= 0.6 is 23.4 Å². The Labute approximate surface area is 121 Å². The standard InChI is InChI=1S/C14H14ClN3S/c1-9-12-13(10-4-3-5-11(15)8-10)16-6-7-19-14(12)18(2)17-9/h3-5,8H,6-7H2,1-2H3. The van der Waals surface area contributed by atoms with Crippen molar-refractivity contribution in [3.8, 4) is 0 Å². The maximum Gasteiger partial charge on any atom is 0.103 e. The number of aryl methyl sites for hydroxylation is 2. The van der Waals surface area contributed by atoms with Crippen LogP contribution in [0, 0.1) is 6.92 Å². The van der Waals surface area contributed by atoms with E-state index in [0.29, 0.717) is 0 Å². The molecule has 0 unspecified atom stereocenters. The number of aromatic nitrogens is 2. The summed E-state index contributed by atoms with van der Waals surface area (Å²) in [6.07, 6.45) is 0. The highest BCUT2D eigenvalue weighted by Crippen LogP contribution is 2.30. The van der Waals surface area contributed by atoms with Crippen molar-refractivity contribution >= 4 is 29.1 Å². The van der Waals surface area contributed by atoms with Gasteiger partial charge < -0.3 is 0 Å². The van der Waals surface area contributed by atoms with Gasteiger partial charge in [0.15, 0.2) is 0 Å². The number of hydrogen-bond donors (Lipinski definition) is 0. The number of aliphatic imine (C=N–C) groups is 1. The van der Waals surface area contributed by atoms with Gasteiger partial charge in [-0.15, -0.1) is 11.8 Å². The Morgan fingerprint density at radius 3 is 3.00 bits per heavy atom. The van der Waals surface area contributed by atoms with Crippen LogP contribution in [0.2, 0.25) is 5.02 Å². The van der Waals surface area contributed by atoms with E-state index < -0.39 is 0 Å². The fourth-order valence-corrected chi connectivity index (χ4v) is 3.51. The topological polar surface area (TPSA) is 30.2 Å². The first kappa shape index (κ1) is 12.8. The molecule has 0 saturated heterocycles. The molecule has 1 aliphatic rings. The third-order valence-corrected chi connectivity index (χ3v) is 4.47. The van der Waals surface area contributed by atoms with E-state index in [-0.39, 0.29) is 0 Å². The molecule has 0 radical (unpaired) electrons. The van der Waals surface area contributed by atoms with Crippen LogP contribution in [0.4, 0.5) is 0 Å². The lowest BCUT2D eigenvalue weighted by atomic mass is 10.0. The van der Waals surface area contributed by atoms with Crippen molar-refractivity contribution < 1.29 is 0 Å². The van der Waals surface area contributed by atoms with Gasteiger partial charge in [-0.25, -0.2) is 0 Å². The third kappa shape index (κ3) is 2.30. The molecule has 2 aromatic rings. The average molecular weight is 292 g/mol. The van der Waals surface area contributed by atoms with Gasteiger partial charge >= 0.3 is 0 Å². The van der Waals surface area contributed by atoms with Gasteiger partial charge in [0.1, 0.15) is 5.03 Å². The fourth-order valence-electron chi connectivity index (χ4n) is 2.33. The first-order chi connectivity index (χ1) is 9.16. The first-order valence-corrected chi connectivity index (χ1v) is 7.50. The van der Waals surface area contributed by atoms with Crippen molar-refractivity contribution in [1.82, 2.24) is 9.78 Å². The van der Waals surface area contributed by atoms with E-state index in [1.54, 1.807) is 0 Å². The highest BCUT2D eigenvalue weighted by atomic mass is 35.5. The minimum absolute atomic E-state index is 0.736.